The lowest BCUT2D eigenvalue weighted by Gasteiger charge is -2.03. The van der Waals surface area contributed by atoms with E-state index in [9.17, 15) is 9.90 Å². The second-order valence-corrected chi connectivity index (χ2v) is 2.56. The molecule has 74 valence electrons. The molecule has 14 heavy (non-hydrogen) atoms. The van der Waals surface area contributed by atoms with Gasteiger partial charge in [0, 0.05) is 12.1 Å². The van der Waals surface area contributed by atoms with E-state index in [2.05, 4.69) is 0 Å². The summed E-state index contributed by atoms with van der Waals surface area (Å²) in [5, 5.41) is 17.8. The van der Waals surface area contributed by atoms with Gasteiger partial charge in [0.05, 0.1) is 18.9 Å². The lowest BCUT2D eigenvalue weighted by atomic mass is 10.1. The maximum atomic E-state index is 11.2. The third kappa shape index (κ3) is 2.04. The first-order valence-corrected chi connectivity index (χ1v) is 3.91. The number of rotatable bonds is 3. The van der Waals surface area contributed by atoms with Crippen molar-refractivity contribution in [3.8, 4) is 11.5 Å². The molecule has 0 heterocycles. The largest absolute Gasteiger partial charge is 0.515 e. The number of aromatic hydroxyl groups is 1. The van der Waals surface area contributed by atoms with Gasteiger partial charge in [-0.2, -0.15) is 0 Å². The van der Waals surface area contributed by atoms with Crippen molar-refractivity contribution in [3.63, 3.8) is 0 Å². The van der Waals surface area contributed by atoms with Crippen molar-refractivity contribution in [2.75, 3.05) is 7.11 Å². The number of benzene rings is 1. The molecule has 0 amide bonds. The summed E-state index contributed by atoms with van der Waals surface area (Å²) in [6.07, 6.45) is 1.59. The van der Waals surface area contributed by atoms with E-state index in [-0.39, 0.29) is 11.3 Å². The van der Waals surface area contributed by atoms with E-state index in [0.717, 1.165) is 6.08 Å². The summed E-state index contributed by atoms with van der Waals surface area (Å²) in [5.74, 6) is -0.174. The molecule has 0 bridgehead atoms. The predicted octanol–water partition coefficient (Wildman–Crippen LogP) is 1.66. The van der Waals surface area contributed by atoms with Crippen molar-refractivity contribution in [1.29, 1.82) is 0 Å². The maximum absolute atomic E-state index is 11.2. The fourth-order valence-electron chi connectivity index (χ4n) is 1.00. The number of methoxy groups -OCH3 is 1. The van der Waals surface area contributed by atoms with Gasteiger partial charge in [-0.3, -0.25) is 4.79 Å². The van der Waals surface area contributed by atoms with Gasteiger partial charge in [-0.05, 0) is 12.1 Å². The molecule has 0 aliphatic rings. The number of phenols is 1. The van der Waals surface area contributed by atoms with E-state index in [1.165, 1.54) is 19.2 Å². The molecule has 0 radical (unpaired) electrons. The minimum atomic E-state index is -0.465. The topological polar surface area (TPSA) is 66.8 Å². The van der Waals surface area contributed by atoms with Crippen LogP contribution in [0.1, 0.15) is 10.4 Å². The van der Waals surface area contributed by atoms with Crippen molar-refractivity contribution in [3.05, 3.63) is 36.1 Å². The van der Waals surface area contributed by atoms with Crippen LogP contribution in [0.25, 0.3) is 0 Å². The van der Waals surface area contributed by atoms with Gasteiger partial charge in [0.2, 0.25) is 0 Å². The number of ketones is 1. The summed E-state index contributed by atoms with van der Waals surface area (Å²) in [6, 6.07) is 4.31. The van der Waals surface area contributed by atoms with Gasteiger partial charge in [0.15, 0.2) is 5.78 Å². The zero-order valence-corrected chi connectivity index (χ0v) is 7.60. The van der Waals surface area contributed by atoms with Crippen molar-refractivity contribution in [1.82, 2.24) is 0 Å². The predicted molar refractivity (Wildman–Crippen MR) is 50.8 cm³/mol. The molecule has 2 N–H and O–H groups in total. The first-order chi connectivity index (χ1) is 6.69. The molecule has 0 aliphatic heterocycles. The Bertz CT molecular complexity index is 368. The fraction of sp³-hybridized carbons (Fsp3) is 0.100. The molecule has 4 heteroatoms. The molecule has 0 unspecified atom stereocenters. The van der Waals surface area contributed by atoms with Gasteiger partial charge < -0.3 is 14.9 Å². The standard InChI is InChI=1S/C10H10O4/c1-14-7-2-3-8(10(13)6-7)9(12)4-5-11/h2-6,11,13H,1H3/b5-4+. The van der Waals surface area contributed by atoms with Crippen molar-refractivity contribution >= 4 is 5.78 Å². The molecule has 1 aromatic carbocycles. The quantitative estimate of drug-likeness (QED) is 0.436. The normalized spacial score (nSPS) is 10.4. The number of aliphatic hydroxyl groups excluding tert-OH is 1. The van der Waals surface area contributed by atoms with Crippen LogP contribution in [0, 0.1) is 0 Å². The number of carbonyl (C=O) groups excluding carboxylic acids is 1. The molecule has 0 aromatic heterocycles. The number of carbonyl (C=O) groups is 1. The van der Waals surface area contributed by atoms with Crippen molar-refractivity contribution in [2.24, 2.45) is 0 Å². The van der Waals surface area contributed by atoms with Crippen molar-refractivity contribution in [2.45, 2.75) is 0 Å². The highest BCUT2D eigenvalue weighted by molar-refractivity contribution is 6.06. The molecule has 0 saturated carbocycles. The summed E-state index contributed by atoms with van der Waals surface area (Å²) in [6.45, 7) is 0. The van der Waals surface area contributed by atoms with Gasteiger partial charge in [-0.1, -0.05) is 0 Å². The Morgan fingerprint density at radius 1 is 1.50 bits per heavy atom. The summed E-state index contributed by atoms with van der Waals surface area (Å²) < 4.78 is 4.85. The molecule has 0 aliphatic carbocycles. The lowest BCUT2D eigenvalue weighted by molar-refractivity contribution is 0.104. The van der Waals surface area contributed by atoms with Crippen LogP contribution < -0.4 is 4.74 Å². The van der Waals surface area contributed by atoms with Gasteiger partial charge in [0.1, 0.15) is 11.5 Å². The number of ether oxygens (including phenoxy) is 1. The Kier molecular flexibility index (Phi) is 3.12. The summed E-state index contributed by atoms with van der Waals surface area (Å²) in [7, 11) is 1.46. The minimum Gasteiger partial charge on any atom is -0.515 e. The average Bonchev–Trinajstić information content (AvgIpc) is 2.17. The summed E-state index contributed by atoms with van der Waals surface area (Å²) in [5.41, 5.74) is 0.121. The Morgan fingerprint density at radius 3 is 2.71 bits per heavy atom. The molecule has 1 aromatic rings. The van der Waals surface area contributed by atoms with Crippen LogP contribution in [0.4, 0.5) is 0 Å². The van der Waals surface area contributed by atoms with E-state index in [1.54, 1.807) is 6.07 Å². The number of hydrogen-bond donors (Lipinski definition) is 2. The fourth-order valence-corrected chi connectivity index (χ4v) is 1.00. The number of allylic oxidation sites excluding steroid dienone is 1. The Labute approximate surface area is 81.1 Å². The second kappa shape index (κ2) is 4.32. The Morgan fingerprint density at radius 2 is 2.21 bits per heavy atom. The van der Waals surface area contributed by atoms with E-state index in [0.29, 0.717) is 12.0 Å². The molecular weight excluding hydrogens is 184 g/mol. The maximum Gasteiger partial charge on any atom is 0.192 e. The van der Waals surface area contributed by atoms with E-state index >= 15 is 0 Å². The van der Waals surface area contributed by atoms with Crippen LogP contribution in [0.2, 0.25) is 0 Å². The van der Waals surface area contributed by atoms with E-state index < -0.39 is 5.78 Å². The molecule has 0 atom stereocenters. The molecule has 0 saturated heterocycles. The lowest BCUT2D eigenvalue weighted by Crippen LogP contribution is -1.95. The Balaban J connectivity index is 3.05. The summed E-state index contributed by atoms with van der Waals surface area (Å²) in [4.78, 5) is 11.2. The van der Waals surface area contributed by atoms with Gasteiger partial charge in [-0.15, -0.1) is 0 Å². The molecule has 0 fully saturated rings. The first-order valence-electron chi connectivity index (χ1n) is 3.91. The summed E-state index contributed by atoms with van der Waals surface area (Å²) >= 11 is 0. The molecule has 1 rings (SSSR count). The number of aliphatic hydroxyl groups is 1. The molecular formula is C10H10O4. The van der Waals surface area contributed by atoms with Gasteiger partial charge >= 0.3 is 0 Å². The molecule has 0 spiro atoms. The number of phenolic OH excluding ortho intramolecular Hbond substituents is 1. The highest BCUT2D eigenvalue weighted by atomic mass is 16.5. The minimum absolute atomic E-state index is 0.121. The van der Waals surface area contributed by atoms with Crippen LogP contribution in [0.5, 0.6) is 11.5 Å². The second-order valence-electron chi connectivity index (χ2n) is 2.56. The Hall–Kier alpha value is -1.97. The van der Waals surface area contributed by atoms with Crippen molar-refractivity contribution < 1.29 is 19.7 Å². The smallest absolute Gasteiger partial charge is 0.192 e. The van der Waals surface area contributed by atoms with Gasteiger partial charge in [-0.25, -0.2) is 0 Å². The van der Waals surface area contributed by atoms with Crippen LogP contribution in [0.15, 0.2) is 30.5 Å². The molecule has 4 nitrogen and oxygen atoms in total. The third-order valence-electron chi connectivity index (χ3n) is 1.70. The van der Waals surface area contributed by atoms with Crippen LogP contribution in [-0.4, -0.2) is 23.1 Å². The first kappa shape index (κ1) is 10.1. The third-order valence-corrected chi connectivity index (χ3v) is 1.70. The van der Waals surface area contributed by atoms with E-state index in [1.807, 2.05) is 0 Å². The SMILES string of the molecule is COc1ccc(C(=O)/C=C/O)c(O)c1. The van der Waals surface area contributed by atoms with Crippen LogP contribution >= 0.6 is 0 Å². The van der Waals surface area contributed by atoms with E-state index in [4.69, 9.17) is 9.84 Å². The highest BCUT2D eigenvalue weighted by Gasteiger charge is 2.08. The average molecular weight is 194 g/mol. The van der Waals surface area contributed by atoms with Crippen LogP contribution in [0.3, 0.4) is 0 Å². The highest BCUT2D eigenvalue weighted by Crippen LogP contribution is 2.23. The van der Waals surface area contributed by atoms with Crippen LogP contribution in [-0.2, 0) is 0 Å². The zero-order chi connectivity index (χ0) is 10.6. The number of hydrogen-bond acceptors (Lipinski definition) is 4. The monoisotopic (exact) mass is 194 g/mol. The van der Waals surface area contributed by atoms with Gasteiger partial charge in [0.25, 0.3) is 0 Å². The zero-order valence-electron chi connectivity index (χ0n) is 7.60.